The van der Waals surface area contributed by atoms with Crippen LogP contribution in [0.1, 0.15) is 25.5 Å². The maximum Gasteiger partial charge on any atom is 0.305 e. The monoisotopic (exact) mass is 233 g/mol. The summed E-state index contributed by atoms with van der Waals surface area (Å²) in [7, 11) is 0. The van der Waals surface area contributed by atoms with Crippen LogP contribution < -0.4 is 5.32 Å². The topological polar surface area (TPSA) is 75.0 Å². The lowest BCUT2D eigenvalue weighted by atomic mass is 10.3. The van der Waals surface area contributed by atoms with Gasteiger partial charge in [0.15, 0.2) is 0 Å². The number of aromatic nitrogens is 1. The molecule has 90 valence electrons. The molecule has 1 rings (SSSR count). The van der Waals surface area contributed by atoms with Crippen molar-refractivity contribution in [1.29, 1.82) is 5.26 Å². The van der Waals surface area contributed by atoms with Crippen LogP contribution in [0.4, 0.5) is 5.69 Å². The maximum absolute atomic E-state index is 11.0. The first-order valence-corrected chi connectivity index (χ1v) is 5.52. The molecule has 0 bridgehead atoms. The minimum atomic E-state index is -0.174. The molecule has 0 aromatic carbocycles. The third kappa shape index (κ3) is 4.98. The molecule has 0 aliphatic heterocycles. The molecule has 5 nitrogen and oxygen atoms in total. The highest BCUT2D eigenvalue weighted by Crippen LogP contribution is 2.05. The van der Waals surface area contributed by atoms with Crippen LogP contribution in [-0.2, 0) is 9.53 Å². The van der Waals surface area contributed by atoms with Gasteiger partial charge in [0.2, 0.25) is 0 Å². The lowest BCUT2D eigenvalue weighted by molar-refractivity contribution is -0.143. The Kier molecular flexibility index (Phi) is 5.52. The van der Waals surface area contributed by atoms with Crippen LogP contribution in [0.5, 0.6) is 0 Å². The second-order valence-electron chi connectivity index (χ2n) is 3.38. The number of esters is 1. The standard InChI is InChI=1S/C12H15N3O2/c1-2-17-12(16)4-3-7-14-11-6-5-10(8-13)15-9-11/h5-6,9,14H,2-4,7H2,1H3. The van der Waals surface area contributed by atoms with E-state index in [1.165, 1.54) is 0 Å². The number of hydrogen-bond donors (Lipinski definition) is 1. The zero-order valence-electron chi connectivity index (χ0n) is 9.77. The van der Waals surface area contributed by atoms with Gasteiger partial charge in [0, 0.05) is 13.0 Å². The Bertz CT molecular complexity index is 395. The molecular weight excluding hydrogens is 218 g/mol. The van der Waals surface area contributed by atoms with Crippen molar-refractivity contribution in [3.63, 3.8) is 0 Å². The summed E-state index contributed by atoms with van der Waals surface area (Å²) in [4.78, 5) is 15.0. The minimum absolute atomic E-state index is 0.174. The summed E-state index contributed by atoms with van der Waals surface area (Å²) in [6.07, 6.45) is 2.71. The first kappa shape index (κ1) is 13.0. The summed E-state index contributed by atoms with van der Waals surface area (Å²) >= 11 is 0. The van der Waals surface area contributed by atoms with Crippen LogP contribution in [0, 0.1) is 11.3 Å². The number of pyridine rings is 1. The molecule has 0 amide bonds. The maximum atomic E-state index is 11.0. The van der Waals surface area contributed by atoms with Gasteiger partial charge in [-0.1, -0.05) is 0 Å². The van der Waals surface area contributed by atoms with Crippen LogP contribution in [0.3, 0.4) is 0 Å². The van der Waals surface area contributed by atoms with Gasteiger partial charge in [0.25, 0.3) is 0 Å². The number of ether oxygens (including phenoxy) is 1. The van der Waals surface area contributed by atoms with E-state index in [-0.39, 0.29) is 5.97 Å². The number of nitrogens with one attached hydrogen (secondary N) is 1. The highest BCUT2D eigenvalue weighted by molar-refractivity contribution is 5.69. The van der Waals surface area contributed by atoms with Gasteiger partial charge in [-0.25, -0.2) is 4.98 Å². The number of nitrogens with zero attached hydrogens (tertiary/aromatic N) is 2. The zero-order valence-corrected chi connectivity index (χ0v) is 9.77. The van der Waals surface area contributed by atoms with Crippen molar-refractivity contribution in [2.75, 3.05) is 18.5 Å². The van der Waals surface area contributed by atoms with E-state index in [9.17, 15) is 4.79 Å². The molecule has 0 fully saturated rings. The summed E-state index contributed by atoms with van der Waals surface area (Å²) in [5.74, 6) is -0.174. The number of carbonyl (C=O) groups is 1. The molecule has 1 aromatic heterocycles. The van der Waals surface area contributed by atoms with E-state index >= 15 is 0 Å². The molecule has 0 saturated carbocycles. The van der Waals surface area contributed by atoms with Crippen LogP contribution >= 0.6 is 0 Å². The third-order valence-electron chi connectivity index (χ3n) is 2.07. The summed E-state index contributed by atoms with van der Waals surface area (Å²) in [5, 5.41) is 11.7. The number of hydrogen-bond acceptors (Lipinski definition) is 5. The Morgan fingerprint density at radius 1 is 1.59 bits per heavy atom. The number of rotatable bonds is 6. The molecule has 0 saturated heterocycles. The van der Waals surface area contributed by atoms with E-state index < -0.39 is 0 Å². The lowest BCUT2D eigenvalue weighted by Gasteiger charge is -2.05. The van der Waals surface area contributed by atoms with Crippen LogP contribution in [0.2, 0.25) is 0 Å². The van der Waals surface area contributed by atoms with E-state index in [1.807, 2.05) is 6.07 Å². The van der Waals surface area contributed by atoms with Gasteiger partial charge in [-0.3, -0.25) is 4.79 Å². The van der Waals surface area contributed by atoms with Gasteiger partial charge in [-0.15, -0.1) is 0 Å². The minimum Gasteiger partial charge on any atom is -0.466 e. The molecule has 0 aliphatic carbocycles. The van der Waals surface area contributed by atoms with Crippen molar-refractivity contribution < 1.29 is 9.53 Å². The highest BCUT2D eigenvalue weighted by Gasteiger charge is 2.00. The Balaban J connectivity index is 2.22. The van der Waals surface area contributed by atoms with E-state index in [1.54, 1.807) is 25.3 Å². The number of carbonyl (C=O) groups excluding carboxylic acids is 1. The highest BCUT2D eigenvalue weighted by atomic mass is 16.5. The molecule has 0 aliphatic rings. The van der Waals surface area contributed by atoms with E-state index in [2.05, 4.69) is 10.3 Å². The summed E-state index contributed by atoms with van der Waals surface area (Å²) in [5.41, 5.74) is 1.23. The van der Waals surface area contributed by atoms with Crippen molar-refractivity contribution >= 4 is 11.7 Å². The largest absolute Gasteiger partial charge is 0.466 e. The summed E-state index contributed by atoms with van der Waals surface area (Å²) in [6.45, 7) is 2.89. The predicted octanol–water partition coefficient (Wildman–Crippen LogP) is 1.71. The van der Waals surface area contributed by atoms with Crippen molar-refractivity contribution in [3.05, 3.63) is 24.0 Å². The number of anilines is 1. The fraction of sp³-hybridized carbons (Fsp3) is 0.417. The molecule has 0 unspecified atom stereocenters. The summed E-state index contributed by atoms with van der Waals surface area (Å²) < 4.78 is 4.81. The Morgan fingerprint density at radius 3 is 3.00 bits per heavy atom. The normalized spacial score (nSPS) is 9.41. The molecule has 1 N–H and O–H groups in total. The van der Waals surface area contributed by atoms with E-state index in [4.69, 9.17) is 10.00 Å². The SMILES string of the molecule is CCOC(=O)CCCNc1ccc(C#N)nc1. The van der Waals surface area contributed by atoms with Crippen LogP contribution in [0.25, 0.3) is 0 Å². The Morgan fingerprint density at radius 2 is 2.41 bits per heavy atom. The van der Waals surface area contributed by atoms with Gasteiger partial charge in [-0.2, -0.15) is 5.26 Å². The fourth-order valence-electron chi connectivity index (χ4n) is 1.26. The van der Waals surface area contributed by atoms with E-state index in [0.717, 1.165) is 5.69 Å². The van der Waals surface area contributed by atoms with Crippen LogP contribution in [-0.4, -0.2) is 24.1 Å². The Labute approximate surface area is 100 Å². The number of nitriles is 1. The zero-order chi connectivity index (χ0) is 12.5. The lowest BCUT2D eigenvalue weighted by Crippen LogP contribution is -2.08. The molecule has 1 aromatic rings. The van der Waals surface area contributed by atoms with Gasteiger partial charge in [0.1, 0.15) is 11.8 Å². The quantitative estimate of drug-likeness (QED) is 0.598. The molecule has 5 heteroatoms. The molecule has 0 atom stereocenters. The van der Waals surface area contributed by atoms with Crippen molar-refractivity contribution in [2.24, 2.45) is 0 Å². The molecule has 17 heavy (non-hydrogen) atoms. The fourth-order valence-corrected chi connectivity index (χ4v) is 1.26. The second kappa shape index (κ2) is 7.23. The van der Waals surface area contributed by atoms with Gasteiger partial charge in [0.05, 0.1) is 18.5 Å². The molecule has 0 spiro atoms. The van der Waals surface area contributed by atoms with E-state index in [0.29, 0.717) is 31.7 Å². The molecule has 1 heterocycles. The summed E-state index contributed by atoms with van der Waals surface area (Å²) in [6, 6.07) is 5.38. The van der Waals surface area contributed by atoms with Crippen molar-refractivity contribution in [2.45, 2.75) is 19.8 Å². The first-order chi connectivity index (χ1) is 8.26. The molecular formula is C12H15N3O2. The van der Waals surface area contributed by atoms with Gasteiger partial charge < -0.3 is 10.1 Å². The smallest absolute Gasteiger partial charge is 0.305 e. The van der Waals surface area contributed by atoms with Crippen LogP contribution in [0.15, 0.2) is 18.3 Å². The Hall–Kier alpha value is -2.09. The average molecular weight is 233 g/mol. The molecule has 0 radical (unpaired) electrons. The first-order valence-electron chi connectivity index (χ1n) is 5.52. The van der Waals surface area contributed by atoms with Gasteiger partial charge in [-0.05, 0) is 25.5 Å². The second-order valence-corrected chi connectivity index (χ2v) is 3.38. The van der Waals surface area contributed by atoms with Gasteiger partial charge >= 0.3 is 5.97 Å². The third-order valence-corrected chi connectivity index (χ3v) is 2.07. The van der Waals surface area contributed by atoms with Crippen molar-refractivity contribution in [3.8, 4) is 6.07 Å². The predicted molar refractivity (Wildman–Crippen MR) is 63.3 cm³/mol. The average Bonchev–Trinajstić information content (AvgIpc) is 2.36. The van der Waals surface area contributed by atoms with Crippen molar-refractivity contribution in [1.82, 2.24) is 4.98 Å².